The van der Waals surface area contributed by atoms with E-state index < -0.39 is 23.6 Å². The highest BCUT2D eigenvalue weighted by Crippen LogP contribution is 2.36. The Morgan fingerprint density at radius 2 is 1.57 bits per heavy atom. The lowest BCUT2D eigenvalue weighted by atomic mass is 10.0. The molecule has 0 unspecified atom stereocenters. The highest BCUT2D eigenvalue weighted by atomic mass is 19.1. The van der Waals surface area contributed by atoms with Gasteiger partial charge < -0.3 is 14.2 Å². The third kappa shape index (κ3) is 4.89. The normalized spacial score (nSPS) is 10.6. The van der Waals surface area contributed by atoms with E-state index in [1.165, 1.54) is 49.2 Å². The van der Waals surface area contributed by atoms with Crippen LogP contribution in [0, 0.1) is 11.6 Å². The molecule has 0 fully saturated rings. The summed E-state index contributed by atoms with van der Waals surface area (Å²) in [6.07, 6.45) is 0. The Morgan fingerprint density at radius 1 is 0.857 bits per heavy atom. The first kappa shape index (κ1) is 23.6. The minimum Gasteiger partial charge on any atom is -0.488 e. The van der Waals surface area contributed by atoms with Crippen molar-refractivity contribution in [1.29, 1.82) is 0 Å². The van der Waals surface area contributed by atoms with Crippen LogP contribution in [-0.2, 0) is 16.1 Å². The van der Waals surface area contributed by atoms with Crippen LogP contribution in [0.3, 0.4) is 0 Å². The number of carbonyl (C=O) groups excluding carboxylic acids is 2. The number of nitrogens with zero attached hydrogens (tertiary/aromatic N) is 2. The largest absolute Gasteiger partial charge is 0.488 e. The van der Waals surface area contributed by atoms with E-state index >= 15 is 0 Å². The number of aromatic nitrogens is 2. The van der Waals surface area contributed by atoms with E-state index in [0.29, 0.717) is 11.3 Å². The molecule has 0 amide bonds. The predicted octanol–water partition coefficient (Wildman–Crippen LogP) is 4.97. The van der Waals surface area contributed by atoms with Crippen molar-refractivity contribution in [1.82, 2.24) is 9.78 Å². The van der Waals surface area contributed by atoms with Crippen LogP contribution in [-0.4, -0.2) is 35.9 Å². The van der Waals surface area contributed by atoms with Gasteiger partial charge in [-0.1, -0.05) is 30.3 Å². The van der Waals surface area contributed by atoms with Crippen LogP contribution in [0.2, 0.25) is 0 Å². The van der Waals surface area contributed by atoms with Crippen molar-refractivity contribution >= 4 is 11.9 Å². The van der Waals surface area contributed by atoms with Gasteiger partial charge in [-0.05, 0) is 42.0 Å². The molecule has 4 rings (SSSR count). The monoisotopic (exact) mass is 478 g/mol. The standard InChI is InChI=1S/C26H20F2N2O5/c1-33-25(31)22-23(29-30(24(22)26(32)34-2)19-9-4-3-5-10-19)20-12-11-18(28)14-21(20)35-15-16-7-6-8-17(27)13-16/h3-14H,15H2,1-2H3. The van der Waals surface area contributed by atoms with Crippen LogP contribution in [0.15, 0.2) is 72.8 Å². The second-order valence-corrected chi connectivity index (χ2v) is 7.36. The van der Waals surface area contributed by atoms with Crippen molar-refractivity contribution in [2.45, 2.75) is 6.61 Å². The number of carbonyl (C=O) groups is 2. The maximum absolute atomic E-state index is 14.2. The van der Waals surface area contributed by atoms with Gasteiger partial charge in [0.15, 0.2) is 5.69 Å². The molecule has 0 N–H and O–H groups in total. The number of hydrogen-bond acceptors (Lipinski definition) is 6. The molecule has 0 saturated carbocycles. The number of halogens is 2. The summed E-state index contributed by atoms with van der Waals surface area (Å²) in [6.45, 7) is -0.0783. The van der Waals surface area contributed by atoms with Crippen molar-refractivity contribution in [3.63, 3.8) is 0 Å². The summed E-state index contributed by atoms with van der Waals surface area (Å²) in [6, 6.07) is 18.1. The molecule has 0 saturated heterocycles. The molecule has 0 radical (unpaired) electrons. The minimum absolute atomic E-state index is 0.0235. The van der Waals surface area contributed by atoms with E-state index in [2.05, 4.69) is 5.10 Å². The summed E-state index contributed by atoms with van der Waals surface area (Å²) in [7, 11) is 2.34. The molecule has 4 aromatic rings. The molecular weight excluding hydrogens is 458 g/mol. The third-order valence-electron chi connectivity index (χ3n) is 5.14. The lowest BCUT2D eigenvalue weighted by Gasteiger charge is -2.12. The fourth-order valence-electron chi connectivity index (χ4n) is 3.54. The van der Waals surface area contributed by atoms with Gasteiger partial charge >= 0.3 is 11.9 Å². The van der Waals surface area contributed by atoms with Gasteiger partial charge in [0, 0.05) is 11.6 Å². The summed E-state index contributed by atoms with van der Waals surface area (Å²) in [5.41, 5.74) is 0.900. The number of benzene rings is 3. The van der Waals surface area contributed by atoms with E-state index in [9.17, 15) is 18.4 Å². The average Bonchev–Trinajstić information content (AvgIpc) is 3.27. The van der Waals surface area contributed by atoms with Crippen LogP contribution < -0.4 is 4.74 Å². The number of methoxy groups -OCH3 is 2. The zero-order valence-corrected chi connectivity index (χ0v) is 18.8. The van der Waals surface area contributed by atoms with Gasteiger partial charge in [-0.2, -0.15) is 5.10 Å². The zero-order valence-electron chi connectivity index (χ0n) is 18.8. The van der Waals surface area contributed by atoms with Crippen molar-refractivity contribution in [2.24, 2.45) is 0 Å². The first-order chi connectivity index (χ1) is 16.9. The molecular formula is C26H20F2N2O5. The molecule has 0 spiro atoms. The fraction of sp³-hybridized carbons (Fsp3) is 0.115. The Kier molecular flexibility index (Phi) is 6.86. The molecule has 0 aliphatic rings. The summed E-state index contributed by atoms with van der Waals surface area (Å²) in [4.78, 5) is 25.6. The van der Waals surface area contributed by atoms with Crippen LogP contribution in [0.4, 0.5) is 8.78 Å². The molecule has 9 heteroatoms. The lowest BCUT2D eigenvalue weighted by Crippen LogP contribution is -2.15. The summed E-state index contributed by atoms with van der Waals surface area (Å²) < 4.78 is 44.7. The molecule has 1 heterocycles. The Labute approximate surface area is 199 Å². The van der Waals surface area contributed by atoms with Crippen molar-refractivity contribution in [3.8, 4) is 22.7 Å². The van der Waals surface area contributed by atoms with Crippen LogP contribution in [0.1, 0.15) is 26.4 Å². The first-order valence-electron chi connectivity index (χ1n) is 10.4. The molecule has 7 nitrogen and oxygen atoms in total. The second-order valence-electron chi connectivity index (χ2n) is 7.36. The maximum atomic E-state index is 14.2. The third-order valence-corrected chi connectivity index (χ3v) is 5.14. The quantitative estimate of drug-likeness (QED) is 0.349. The minimum atomic E-state index is -0.844. The van der Waals surface area contributed by atoms with Gasteiger partial charge in [0.05, 0.1) is 19.9 Å². The fourth-order valence-corrected chi connectivity index (χ4v) is 3.54. The summed E-state index contributed by atoms with van der Waals surface area (Å²) in [5.74, 6) is -2.67. The highest BCUT2D eigenvalue weighted by molar-refractivity contribution is 6.07. The predicted molar refractivity (Wildman–Crippen MR) is 122 cm³/mol. The first-order valence-corrected chi connectivity index (χ1v) is 10.4. The molecule has 0 aliphatic heterocycles. The summed E-state index contributed by atoms with van der Waals surface area (Å²) >= 11 is 0. The van der Waals surface area contributed by atoms with Gasteiger partial charge in [-0.25, -0.2) is 23.1 Å². The van der Waals surface area contributed by atoms with E-state index in [1.54, 1.807) is 36.4 Å². The van der Waals surface area contributed by atoms with E-state index in [4.69, 9.17) is 14.2 Å². The number of esters is 2. The Balaban J connectivity index is 1.90. The van der Waals surface area contributed by atoms with Gasteiger partial charge in [0.25, 0.3) is 0 Å². The van der Waals surface area contributed by atoms with Gasteiger partial charge in [0.2, 0.25) is 0 Å². The highest BCUT2D eigenvalue weighted by Gasteiger charge is 2.32. The van der Waals surface area contributed by atoms with Crippen LogP contribution in [0.25, 0.3) is 16.9 Å². The van der Waals surface area contributed by atoms with Gasteiger partial charge in [-0.3, -0.25) is 0 Å². The van der Waals surface area contributed by atoms with Gasteiger partial charge in [-0.15, -0.1) is 0 Å². The number of para-hydroxylation sites is 1. The maximum Gasteiger partial charge on any atom is 0.357 e. The molecule has 178 valence electrons. The zero-order chi connectivity index (χ0) is 24.9. The molecule has 1 aromatic heterocycles. The van der Waals surface area contributed by atoms with Crippen molar-refractivity contribution in [2.75, 3.05) is 14.2 Å². The van der Waals surface area contributed by atoms with Gasteiger partial charge in [0.1, 0.15) is 35.2 Å². The Morgan fingerprint density at radius 3 is 2.26 bits per heavy atom. The molecule has 0 atom stereocenters. The number of ether oxygens (including phenoxy) is 3. The van der Waals surface area contributed by atoms with E-state index in [-0.39, 0.29) is 34.9 Å². The lowest BCUT2D eigenvalue weighted by molar-refractivity contribution is 0.0549. The Bertz CT molecular complexity index is 1390. The van der Waals surface area contributed by atoms with E-state index in [0.717, 1.165) is 6.07 Å². The molecule has 3 aromatic carbocycles. The molecule has 0 bridgehead atoms. The number of hydrogen-bond donors (Lipinski definition) is 0. The second kappa shape index (κ2) is 10.2. The topological polar surface area (TPSA) is 79.7 Å². The smallest absolute Gasteiger partial charge is 0.357 e. The number of rotatable bonds is 7. The van der Waals surface area contributed by atoms with Crippen molar-refractivity contribution in [3.05, 3.63) is 101 Å². The average molecular weight is 478 g/mol. The molecule has 0 aliphatic carbocycles. The summed E-state index contributed by atoms with van der Waals surface area (Å²) in [5, 5.41) is 4.50. The van der Waals surface area contributed by atoms with E-state index in [1.807, 2.05) is 0 Å². The van der Waals surface area contributed by atoms with Crippen LogP contribution in [0.5, 0.6) is 5.75 Å². The molecule has 35 heavy (non-hydrogen) atoms. The van der Waals surface area contributed by atoms with Crippen LogP contribution >= 0.6 is 0 Å². The Hall–Kier alpha value is -4.53. The van der Waals surface area contributed by atoms with Crippen molar-refractivity contribution < 1.29 is 32.6 Å². The SMILES string of the molecule is COC(=O)c1c(-c2ccc(F)cc2OCc2cccc(F)c2)nn(-c2ccccc2)c1C(=O)OC.